The summed E-state index contributed by atoms with van der Waals surface area (Å²) in [6.07, 6.45) is 0.288. The molecule has 6 heteroatoms. The summed E-state index contributed by atoms with van der Waals surface area (Å²) in [5, 5.41) is 12.3. The highest BCUT2D eigenvalue weighted by atomic mass is 35.5. The number of aryl methyl sites for hydroxylation is 1. The second kappa shape index (κ2) is 7.02. The molecule has 1 amide bonds. The minimum Gasteiger partial charge on any atom is -0.391 e. The van der Waals surface area contributed by atoms with E-state index >= 15 is 0 Å². The van der Waals surface area contributed by atoms with Gasteiger partial charge < -0.3 is 16.2 Å². The van der Waals surface area contributed by atoms with Crippen LogP contribution in [-0.2, 0) is 11.3 Å². The van der Waals surface area contributed by atoms with Crippen molar-refractivity contribution in [3.05, 3.63) is 35.1 Å². The predicted molar refractivity (Wildman–Crippen MR) is 76.9 cm³/mol. The molecule has 0 heterocycles. The van der Waals surface area contributed by atoms with Crippen LogP contribution in [0.5, 0.6) is 0 Å². The predicted octanol–water partition coefficient (Wildman–Crippen LogP) is 1.27. The van der Waals surface area contributed by atoms with Gasteiger partial charge >= 0.3 is 0 Å². The molecule has 0 spiro atoms. The Bertz CT molecular complexity index is 474. The molecule has 1 fully saturated rings. The van der Waals surface area contributed by atoms with Gasteiger partial charge in [0.05, 0.1) is 6.10 Å². The minimum atomic E-state index is -0.605. The lowest BCUT2D eigenvalue weighted by Gasteiger charge is -2.12. The van der Waals surface area contributed by atoms with E-state index in [4.69, 9.17) is 5.73 Å². The summed E-state index contributed by atoms with van der Waals surface area (Å²) in [5.41, 5.74) is 7.37. The highest BCUT2D eigenvalue weighted by Gasteiger charge is 2.34. The van der Waals surface area contributed by atoms with Gasteiger partial charge in [-0.2, -0.15) is 0 Å². The van der Waals surface area contributed by atoms with Crippen LogP contribution in [0.2, 0.25) is 0 Å². The Labute approximate surface area is 124 Å². The van der Waals surface area contributed by atoms with Gasteiger partial charge in [-0.15, -0.1) is 12.4 Å². The zero-order chi connectivity index (χ0) is 14.0. The summed E-state index contributed by atoms with van der Waals surface area (Å²) in [4.78, 5) is 11.9. The van der Waals surface area contributed by atoms with Gasteiger partial charge in [0.2, 0.25) is 5.91 Å². The molecule has 0 bridgehead atoms. The van der Waals surface area contributed by atoms with Crippen LogP contribution in [0.15, 0.2) is 18.2 Å². The molecular formula is C14H20ClFN2O2. The zero-order valence-corrected chi connectivity index (χ0v) is 12.1. The van der Waals surface area contributed by atoms with E-state index in [1.165, 1.54) is 12.1 Å². The molecule has 0 aliphatic heterocycles. The molecule has 112 valence electrons. The van der Waals surface area contributed by atoms with Crippen LogP contribution in [-0.4, -0.2) is 23.2 Å². The monoisotopic (exact) mass is 302 g/mol. The lowest BCUT2D eigenvalue weighted by Crippen LogP contribution is -2.30. The molecule has 1 saturated carbocycles. The number of carbonyl (C=O) groups is 1. The number of amides is 1. The molecule has 4 N–H and O–H groups in total. The molecule has 20 heavy (non-hydrogen) atoms. The SMILES string of the molecule is Cc1ccc(F)cc1CNC(=O)[C@H]1C[C@H](N)[C@@H](O)C1.Cl. The van der Waals surface area contributed by atoms with E-state index in [0.29, 0.717) is 19.4 Å². The molecule has 0 saturated heterocycles. The van der Waals surface area contributed by atoms with Crippen molar-refractivity contribution < 1.29 is 14.3 Å². The van der Waals surface area contributed by atoms with Gasteiger partial charge in [0.1, 0.15) is 5.82 Å². The third kappa shape index (κ3) is 3.91. The second-order valence-corrected chi connectivity index (χ2v) is 5.19. The summed E-state index contributed by atoms with van der Waals surface area (Å²) in [6.45, 7) is 2.17. The molecule has 0 unspecified atom stereocenters. The summed E-state index contributed by atoms with van der Waals surface area (Å²) in [6, 6.07) is 4.18. The van der Waals surface area contributed by atoms with Crippen molar-refractivity contribution in [3.8, 4) is 0 Å². The first kappa shape index (κ1) is 16.9. The molecule has 2 rings (SSSR count). The molecule has 0 radical (unpaired) electrons. The van der Waals surface area contributed by atoms with Crippen molar-refractivity contribution in [1.82, 2.24) is 5.32 Å². The van der Waals surface area contributed by atoms with Gasteiger partial charge in [0.25, 0.3) is 0 Å². The Morgan fingerprint density at radius 2 is 2.20 bits per heavy atom. The molecule has 3 atom stereocenters. The van der Waals surface area contributed by atoms with E-state index in [-0.39, 0.29) is 36.1 Å². The number of rotatable bonds is 3. The fourth-order valence-corrected chi connectivity index (χ4v) is 2.42. The van der Waals surface area contributed by atoms with E-state index in [0.717, 1.165) is 11.1 Å². The smallest absolute Gasteiger partial charge is 0.223 e. The average molecular weight is 303 g/mol. The third-order valence-corrected chi connectivity index (χ3v) is 3.71. The maximum atomic E-state index is 13.1. The molecule has 0 aromatic heterocycles. The van der Waals surface area contributed by atoms with Gasteiger partial charge in [-0.25, -0.2) is 4.39 Å². The third-order valence-electron chi connectivity index (χ3n) is 3.71. The highest BCUT2D eigenvalue weighted by Crippen LogP contribution is 2.25. The van der Waals surface area contributed by atoms with Crippen LogP contribution < -0.4 is 11.1 Å². The average Bonchev–Trinajstić information content (AvgIpc) is 2.70. The van der Waals surface area contributed by atoms with Gasteiger partial charge in [-0.3, -0.25) is 4.79 Å². The van der Waals surface area contributed by atoms with Crippen molar-refractivity contribution >= 4 is 18.3 Å². The van der Waals surface area contributed by atoms with Gasteiger partial charge in [-0.1, -0.05) is 6.07 Å². The molecule has 1 aromatic rings. The van der Waals surface area contributed by atoms with Crippen LogP contribution in [0.25, 0.3) is 0 Å². The largest absolute Gasteiger partial charge is 0.391 e. The standard InChI is InChI=1S/C14H19FN2O2.ClH/c1-8-2-3-11(15)4-10(8)7-17-14(19)9-5-12(16)13(18)6-9;/h2-4,9,12-13,18H,5-7,16H2,1H3,(H,17,19);1H/t9-,12-,13-;/m0./s1. The lowest BCUT2D eigenvalue weighted by atomic mass is 10.1. The van der Waals surface area contributed by atoms with Crippen molar-refractivity contribution in [2.45, 2.75) is 38.5 Å². The summed E-state index contributed by atoms with van der Waals surface area (Å²) < 4.78 is 13.1. The first-order valence-corrected chi connectivity index (χ1v) is 6.43. The van der Waals surface area contributed by atoms with E-state index in [2.05, 4.69) is 5.32 Å². The molecule has 1 aromatic carbocycles. The second-order valence-electron chi connectivity index (χ2n) is 5.19. The molecular weight excluding hydrogens is 283 g/mol. The van der Waals surface area contributed by atoms with Gasteiger partial charge in [0.15, 0.2) is 0 Å². The van der Waals surface area contributed by atoms with Crippen LogP contribution in [0.3, 0.4) is 0 Å². The van der Waals surface area contributed by atoms with Crippen molar-refractivity contribution in [1.29, 1.82) is 0 Å². The van der Waals surface area contributed by atoms with E-state index in [9.17, 15) is 14.3 Å². The summed E-state index contributed by atoms with van der Waals surface area (Å²) >= 11 is 0. The fraction of sp³-hybridized carbons (Fsp3) is 0.500. The first-order valence-electron chi connectivity index (χ1n) is 6.43. The maximum absolute atomic E-state index is 13.1. The van der Waals surface area contributed by atoms with Crippen molar-refractivity contribution in [3.63, 3.8) is 0 Å². The van der Waals surface area contributed by atoms with Crippen molar-refractivity contribution in [2.24, 2.45) is 11.7 Å². The quantitative estimate of drug-likeness (QED) is 0.787. The highest BCUT2D eigenvalue weighted by molar-refractivity contribution is 5.85. The Balaban J connectivity index is 0.00000200. The Morgan fingerprint density at radius 1 is 1.50 bits per heavy atom. The number of nitrogens with two attached hydrogens (primary N) is 1. The van der Waals surface area contributed by atoms with Crippen LogP contribution in [0.1, 0.15) is 24.0 Å². The summed E-state index contributed by atoms with van der Waals surface area (Å²) in [5.74, 6) is -0.692. The molecule has 1 aliphatic carbocycles. The van der Waals surface area contributed by atoms with E-state index in [1.807, 2.05) is 6.92 Å². The number of nitrogens with one attached hydrogen (secondary N) is 1. The van der Waals surface area contributed by atoms with Crippen LogP contribution in [0, 0.1) is 18.7 Å². The zero-order valence-electron chi connectivity index (χ0n) is 11.3. The number of aliphatic hydroxyl groups is 1. The van der Waals surface area contributed by atoms with E-state index < -0.39 is 6.10 Å². The van der Waals surface area contributed by atoms with Crippen LogP contribution in [0.4, 0.5) is 4.39 Å². The maximum Gasteiger partial charge on any atom is 0.223 e. The first-order chi connectivity index (χ1) is 8.97. The number of benzene rings is 1. The fourth-order valence-electron chi connectivity index (χ4n) is 2.42. The number of hydrogen-bond acceptors (Lipinski definition) is 3. The van der Waals surface area contributed by atoms with Crippen molar-refractivity contribution in [2.75, 3.05) is 0 Å². The van der Waals surface area contributed by atoms with Gasteiger partial charge in [-0.05, 0) is 43.0 Å². The Kier molecular flexibility index (Phi) is 5.92. The number of hydrogen-bond donors (Lipinski definition) is 3. The molecule has 4 nitrogen and oxygen atoms in total. The lowest BCUT2D eigenvalue weighted by molar-refractivity contribution is -0.125. The number of carbonyl (C=O) groups excluding carboxylic acids is 1. The Morgan fingerprint density at radius 3 is 2.80 bits per heavy atom. The summed E-state index contributed by atoms with van der Waals surface area (Å²) in [7, 11) is 0. The normalized spacial score (nSPS) is 25.1. The van der Waals surface area contributed by atoms with Crippen LogP contribution >= 0.6 is 12.4 Å². The molecule has 1 aliphatic rings. The topological polar surface area (TPSA) is 75.4 Å². The van der Waals surface area contributed by atoms with E-state index in [1.54, 1.807) is 6.07 Å². The minimum absolute atomic E-state index is 0. The van der Waals surface area contributed by atoms with Gasteiger partial charge in [0, 0.05) is 18.5 Å². The number of halogens is 2. The Hall–Kier alpha value is -1.17. The number of aliphatic hydroxyl groups excluding tert-OH is 1.